The summed E-state index contributed by atoms with van der Waals surface area (Å²) < 4.78 is 24.5. The predicted molar refractivity (Wildman–Crippen MR) is 142 cm³/mol. The number of hydrogen-bond donors (Lipinski definition) is 2. The number of halogens is 2. The van der Waals surface area contributed by atoms with Gasteiger partial charge in [0, 0.05) is 29.0 Å². The zero-order chi connectivity index (χ0) is 27.4. The molecule has 1 fully saturated rings. The van der Waals surface area contributed by atoms with Gasteiger partial charge in [-0.05, 0) is 60.5 Å². The van der Waals surface area contributed by atoms with Gasteiger partial charge in [-0.3, -0.25) is 19.4 Å². The molecule has 0 radical (unpaired) electrons. The highest BCUT2D eigenvalue weighted by Gasteiger charge is 2.46. The predicted octanol–water partition coefficient (Wildman–Crippen LogP) is 4.28. The van der Waals surface area contributed by atoms with Crippen LogP contribution in [-0.4, -0.2) is 35.9 Å². The monoisotopic (exact) mass is 569 g/mol. The third kappa shape index (κ3) is 6.24. The number of aromatic nitrogens is 1. The Morgan fingerprint density at radius 1 is 1.05 bits per heavy atom. The maximum absolute atomic E-state index is 13.1. The fourth-order valence-electron chi connectivity index (χ4n) is 4.48. The number of carbonyl (C=O) groups is 3. The molecule has 0 aliphatic carbocycles. The van der Waals surface area contributed by atoms with Crippen LogP contribution in [0.1, 0.15) is 45.6 Å². The minimum absolute atomic E-state index is 0.0307. The first-order valence-electron chi connectivity index (χ1n) is 12.4. The number of rotatable bonds is 6. The molecule has 0 atom stereocenters. The van der Waals surface area contributed by atoms with Gasteiger partial charge in [0.15, 0.2) is 0 Å². The zero-order valence-electron chi connectivity index (χ0n) is 20.8. The molecule has 0 bridgehead atoms. The lowest BCUT2D eigenvalue weighted by Crippen LogP contribution is -2.43. The maximum atomic E-state index is 13.1. The normalized spacial score (nSPS) is 16.5. The van der Waals surface area contributed by atoms with Crippen molar-refractivity contribution in [2.24, 2.45) is 0 Å². The first-order valence-corrected chi connectivity index (χ1v) is 13.8. The zero-order valence-corrected chi connectivity index (χ0v) is 22.4. The van der Waals surface area contributed by atoms with Crippen molar-refractivity contribution in [3.63, 3.8) is 0 Å². The second-order valence-corrected chi connectivity index (χ2v) is 10.6. The van der Waals surface area contributed by atoms with E-state index in [0.29, 0.717) is 34.9 Å². The van der Waals surface area contributed by atoms with Crippen LogP contribution >= 0.6 is 23.4 Å². The molecule has 3 heterocycles. The van der Waals surface area contributed by atoms with Crippen LogP contribution in [0.25, 0.3) is 0 Å². The summed E-state index contributed by atoms with van der Waals surface area (Å²) in [7, 11) is 0. The standard InChI is InChI=1S/C28H25ClFN3O5S/c29-23-8-7-22-21(11-12-31-16-28(22)37-24(34)9-10-25(35)38-28)26(23)39-15-20-6-3-18(14-32-20)27(36)33-13-17-1-4-19(30)5-2-17/h1-8,14,31H,9-13,15-16H2,(H,33,36). The van der Waals surface area contributed by atoms with Crippen molar-refractivity contribution in [1.29, 1.82) is 0 Å². The Labute approximate surface area is 233 Å². The van der Waals surface area contributed by atoms with Gasteiger partial charge in [-0.25, -0.2) is 4.39 Å². The van der Waals surface area contributed by atoms with E-state index in [1.807, 2.05) is 0 Å². The second kappa shape index (κ2) is 11.7. The Balaban J connectivity index is 1.30. The average molecular weight is 570 g/mol. The molecule has 11 heteroatoms. The maximum Gasteiger partial charge on any atom is 0.309 e. The Morgan fingerprint density at radius 2 is 1.79 bits per heavy atom. The molecule has 1 amide bonds. The van der Waals surface area contributed by atoms with Gasteiger partial charge < -0.3 is 20.1 Å². The highest BCUT2D eigenvalue weighted by molar-refractivity contribution is 7.98. The lowest BCUT2D eigenvalue weighted by Gasteiger charge is -2.32. The molecule has 2 aliphatic heterocycles. The van der Waals surface area contributed by atoms with Gasteiger partial charge >= 0.3 is 11.9 Å². The molecule has 0 unspecified atom stereocenters. The van der Waals surface area contributed by atoms with Crippen molar-refractivity contribution < 1.29 is 28.2 Å². The van der Waals surface area contributed by atoms with E-state index in [2.05, 4.69) is 15.6 Å². The molecule has 1 aromatic heterocycles. The number of ether oxygens (including phenoxy) is 2. The van der Waals surface area contributed by atoms with Gasteiger partial charge in [0.2, 0.25) is 0 Å². The molecule has 3 aromatic rings. The van der Waals surface area contributed by atoms with Crippen LogP contribution in [0.15, 0.2) is 59.6 Å². The van der Waals surface area contributed by atoms with Crippen LogP contribution in [0.3, 0.4) is 0 Å². The summed E-state index contributed by atoms with van der Waals surface area (Å²) in [4.78, 5) is 42.4. The number of nitrogens with zero attached hydrogens (tertiary/aromatic N) is 1. The van der Waals surface area contributed by atoms with E-state index in [1.165, 1.54) is 30.1 Å². The molecule has 1 spiro atoms. The van der Waals surface area contributed by atoms with E-state index >= 15 is 0 Å². The Bertz CT molecular complexity index is 1380. The number of benzene rings is 2. The van der Waals surface area contributed by atoms with Crippen molar-refractivity contribution in [3.05, 3.63) is 93.5 Å². The first-order chi connectivity index (χ1) is 18.8. The minimum Gasteiger partial charge on any atom is -0.416 e. The lowest BCUT2D eigenvalue weighted by atomic mass is 9.98. The first kappa shape index (κ1) is 27.1. The van der Waals surface area contributed by atoms with Crippen LogP contribution in [0, 0.1) is 5.82 Å². The largest absolute Gasteiger partial charge is 0.416 e. The number of fused-ring (bicyclic) bond motifs is 2. The van der Waals surface area contributed by atoms with Crippen LogP contribution in [0.2, 0.25) is 5.02 Å². The number of esters is 2. The van der Waals surface area contributed by atoms with Gasteiger partial charge in [0.1, 0.15) is 5.82 Å². The van der Waals surface area contributed by atoms with Crippen molar-refractivity contribution >= 4 is 41.2 Å². The quantitative estimate of drug-likeness (QED) is 0.335. The molecule has 39 heavy (non-hydrogen) atoms. The van der Waals surface area contributed by atoms with E-state index in [9.17, 15) is 18.8 Å². The third-order valence-electron chi connectivity index (χ3n) is 6.44. The van der Waals surface area contributed by atoms with Gasteiger partial charge in [0.25, 0.3) is 11.7 Å². The van der Waals surface area contributed by atoms with Crippen LogP contribution in [0.5, 0.6) is 0 Å². The third-order valence-corrected chi connectivity index (χ3v) is 8.06. The van der Waals surface area contributed by atoms with Crippen molar-refractivity contribution in [2.45, 2.75) is 42.2 Å². The lowest BCUT2D eigenvalue weighted by molar-refractivity contribution is -0.225. The van der Waals surface area contributed by atoms with Gasteiger partial charge in [-0.2, -0.15) is 0 Å². The summed E-state index contributed by atoms with van der Waals surface area (Å²) in [5, 5.41) is 6.53. The number of carbonyl (C=O) groups excluding carboxylic acids is 3. The number of amides is 1. The van der Waals surface area contributed by atoms with E-state index in [1.54, 1.807) is 36.4 Å². The van der Waals surface area contributed by atoms with Gasteiger partial charge in [-0.15, -0.1) is 11.8 Å². The van der Waals surface area contributed by atoms with Crippen LogP contribution in [-0.2, 0) is 43.6 Å². The van der Waals surface area contributed by atoms with E-state index in [-0.39, 0.29) is 37.7 Å². The van der Waals surface area contributed by atoms with E-state index in [4.69, 9.17) is 21.1 Å². The fourth-order valence-corrected chi connectivity index (χ4v) is 5.87. The summed E-state index contributed by atoms with van der Waals surface area (Å²) in [6.45, 7) is 1.00. The van der Waals surface area contributed by atoms with Crippen LogP contribution < -0.4 is 10.6 Å². The number of hydrogen-bond acceptors (Lipinski definition) is 8. The molecule has 0 saturated carbocycles. The average Bonchev–Trinajstić information content (AvgIpc) is 3.19. The molecule has 2 N–H and O–H groups in total. The number of pyridine rings is 1. The van der Waals surface area contributed by atoms with Crippen LogP contribution in [0.4, 0.5) is 4.39 Å². The van der Waals surface area contributed by atoms with E-state index < -0.39 is 17.7 Å². The van der Waals surface area contributed by atoms with Crippen molar-refractivity contribution in [2.75, 3.05) is 13.1 Å². The topological polar surface area (TPSA) is 107 Å². The van der Waals surface area contributed by atoms with Gasteiger partial charge in [0.05, 0.1) is 35.7 Å². The highest BCUT2D eigenvalue weighted by atomic mass is 35.5. The second-order valence-electron chi connectivity index (χ2n) is 9.17. The molecule has 8 nitrogen and oxygen atoms in total. The van der Waals surface area contributed by atoms with Crippen molar-refractivity contribution in [1.82, 2.24) is 15.6 Å². The summed E-state index contributed by atoms with van der Waals surface area (Å²) >= 11 is 8.07. The highest BCUT2D eigenvalue weighted by Crippen LogP contribution is 2.42. The summed E-state index contributed by atoms with van der Waals surface area (Å²) in [6.07, 6.45) is 2.04. The SMILES string of the molecule is O=C1CCC(=O)OC2(CNCCc3c2ccc(Cl)c3SCc2ccc(C(=O)NCc3ccc(F)cc3)cn2)O1. The van der Waals surface area contributed by atoms with Gasteiger partial charge in [-0.1, -0.05) is 23.7 Å². The molecular formula is C28H25ClFN3O5S. The molecule has 5 rings (SSSR count). The summed E-state index contributed by atoms with van der Waals surface area (Å²) in [6, 6.07) is 12.9. The Morgan fingerprint density at radius 3 is 2.49 bits per heavy atom. The summed E-state index contributed by atoms with van der Waals surface area (Å²) in [5.74, 6) is -2.68. The number of thioether (sulfide) groups is 1. The molecule has 202 valence electrons. The Kier molecular flexibility index (Phi) is 8.15. The minimum atomic E-state index is -1.54. The van der Waals surface area contributed by atoms with Crippen molar-refractivity contribution in [3.8, 4) is 0 Å². The smallest absolute Gasteiger partial charge is 0.309 e. The Hall–Kier alpha value is -3.47. The van der Waals surface area contributed by atoms with E-state index in [0.717, 1.165) is 21.7 Å². The molecule has 2 aliphatic rings. The molecule has 2 aromatic carbocycles. The summed E-state index contributed by atoms with van der Waals surface area (Å²) in [5.41, 5.74) is 3.37. The molecular weight excluding hydrogens is 545 g/mol. The molecule has 1 saturated heterocycles. The fraction of sp³-hybridized carbons (Fsp3) is 0.286. The number of nitrogens with one attached hydrogen (secondary N) is 2.